The summed E-state index contributed by atoms with van der Waals surface area (Å²) in [5.41, 5.74) is 2.25. The first kappa shape index (κ1) is 13.2. The van der Waals surface area contributed by atoms with E-state index in [-0.39, 0.29) is 12.4 Å². The summed E-state index contributed by atoms with van der Waals surface area (Å²) in [6.07, 6.45) is 4.34. The van der Waals surface area contributed by atoms with E-state index in [0.29, 0.717) is 17.5 Å². The van der Waals surface area contributed by atoms with E-state index in [0.717, 1.165) is 5.56 Å². The summed E-state index contributed by atoms with van der Waals surface area (Å²) < 4.78 is 0. The molecule has 0 heterocycles. The van der Waals surface area contributed by atoms with Crippen LogP contribution in [0.15, 0.2) is 60.7 Å². The molecule has 0 amide bonds. The van der Waals surface area contributed by atoms with Gasteiger partial charge in [0.25, 0.3) is 0 Å². The zero-order chi connectivity index (χ0) is 13.5. The van der Waals surface area contributed by atoms with Gasteiger partial charge < -0.3 is 5.11 Å². The molecule has 0 saturated heterocycles. The molecule has 0 spiro atoms. The van der Waals surface area contributed by atoms with E-state index < -0.39 is 0 Å². The van der Waals surface area contributed by atoms with Crippen LogP contribution in [0, 0.1) is 0 Å². The number of carbonyl (C=O) groups excluding carboxylic acids is 1. The molecule has 0 aromatic heterocycles. The van der Waals surface area contributed by atoms with Crippen molar-refractivity contribution in [3.05, 3.63) is 77.4 Å². The molecule has 2 nitrogen and oxygen atoms in total. The van der Waals surface area contributed by atoms with Gasteiger partial charge in [-0.25, -0.2) is 0 Å². The van der Waals surface area contributed by atoms with Gasteiger partial charge in [0.2, 0.25) is 0 Å². The van der Waals surface area contributed by atoms with Crippen LogP contribution in [0.25, 0.3) is 6.08 Å². The molecule has 0 aliphatic rings. The molecule has 0 saturated carbocycles. The number of hydrogen-bond donors (Lipinski definition) is 1. The lowest BCUT2D eigenvalue weighted by Crippen LogP contribution is -2.03. The number of aliphatic hydroxyl groups is 1. The van der Waals surface area contributed by atoms with Gasteiger partial charge in [-0.2, -0.15) is 0 Å². The SMILES string of the molecule is O=C(c1ccccc1)c1ccccc1C=CCCO. The van der Waals surface area contributed by atoms with Gasteiger partial charge in [0.1, 0.15) is 0 Å². The van der Waals surface area contributed by atoms with Gasteiger partial charge in [-0.1, -0.05) is 66.7 Å². The number of rotatable bonds is 5. The highest BCUT2D eigenvalue weighted by atomic mass is 16.2. The van der Waals surface area contributed by atoms with Gasteiger partial charge in [0.15, 0.2) is 5.78 Å². The summed E-state index contributed by atoms with van der Waals surface area (Å²) in [6, 6.07) is 16.7. The predicted octanol–water partition coefficient (Wildman–Crippen LogP) is 3.31. The minimum Gasteiger partial charge on any atom is -0.396 e. The topological polar surface area (TPSA) is 37.3 Å². The summed E-state index contributed by atoms with van der Waals surface area (Å²) >= 11 is 0. The maximum atomic E-state index is 12.4. The van der Waals surface area contributed by atoms with Gasteiger partial charge >= 0.3 is 0 Å². The Morgan fingerprint density at radius 2 is 1.68 bits per heavy atom. The fourth-order valence-electron chi connectivity index (χ4n) is 1.88. The van der Waals surface area contributed by atoms with Gasteiger partial charge in [-0.05, 0) is 12.0 Å². The first-order valence-electron chi connectivity index (χ1n) is 6.29. The van der Waals surface area contributed by atoms with Crippen molar-refractivity contribution < 1.29 is 9.90 Å². The Hall–Kier alpha value is -2.19. The minimum absolute atomic E-state index is 0.0184. The standard InChI is InChI=1S/C17H16O2/c18-13-7-6-9-14-8-4-5-12-16(14)17(19)15-10-2-1-3-11-15/h1-6,8-12,18H,7,13H2. The van der Waals surface area contributed by atoms with Crippen molar-refractivity contribution >= 4 is 11.9 Å². The molecule has 0 fully saturated rings. The van der Waals surface area contributed by atoms with E-state index in [9.17, 15) is 4.79 Å². The maximum Gasteiger partial charge on any atom is 0.193 e. The van der Waals surface area contributed by atoms with Crippen molar-refractivity contribution in [2.45, 2.75) is 6.42 Å². The normalized spacial score (nSPS) is 10.8. The van der Waals surface area contributed by atoms with Crippen molar-refractivity contribution in [2.75, 3.05) is 6.61 Å². The van der Waals surface area contributed by atoms with Gasteiger partial charge in [-0.3, -0.25) is 4.79 Å². The quantitative estimate of drug-likeness (QED) is 0.829. The number of hydrogen-bond acceptors (Lipinski definition) is 2. The van der Waals surface area contributed by atoms with Crippen LogP contribution in [0.2, 0.25) is 0 Å². The van der Waals surface area contributed by atoms with Crippen LogP contribution < -0.4 is 0 Å². The smallest absolute Gasteiger partial charge is 0.193 e. The van der Waals surface area contributed by atoms with Crippen LogP contribution in [0.3, 0.4) is 0 Å². The zero-order valence-electron chi connectivity index (χ0n) is 10.6. The highest BCUT2D eigenvalue weighted by Gasteiger charge is 2.10. The molecule has 0 aliphatic heterocycles. The largest absolute Gasteiger partial charge is 0.396 e. The van der Waals surface area contributed by atoms with E-state index in [1.165, 1.54) is 0 Å². The summed E-state index contributed by atoms with van der Waals surface area (Å²) in [5.74, 6) is 0.0184. The molecule has 0 unspecified atom stereocenters. The van der Waals surface area contributed by atoms with E-state index >= 15 is 0 Å². The lowest BCUT2D eigenvalue weighted by atomic mass is 9.98. The monoisotopic (exact) mass is 252 g/mol. The molecule has 2 heteroatoms. The fourth-order valence-corrected chi connectivity index (χ4v) is 1.88. The molecule has 2 aromatic carbocycles. The van der Waals surface area contributed by atoms with Crippen molar-refractivity contribution in [1.29, 1.82) is 0 Å². The van der Waals surface area contributed by atoms with Crippen LogP contribution in [-0.2, 0) is 0 Å². The van der Waals surface area contributed by atoms with Crippen LogP contribution in [0.4, 0.5) is 0 Å². The number of aliphatic hydroxyl groups excluding tert-OH is 1. The Kier molecular flexibility index (Phi) is 4.65. The van der Waals surface area contributed by atoms with Crippen LogP contribution >= 0.6 is 0 Å². The lowest BCUT2D eigenvalue weighted by Gasteiger charge is -2.05. The first-order valence-corrected chi connectivity index (χ1v) is 6.29. The zero-order valence-corrected chi connectivity index (χ0v) is 10.6. The maximum absolute atomic E-state index is 12.4. The molecule has 1 N–H and O–H groups in total. The van der Waals surface area contributed by atoms with Crippen molar-refractivity contribution in [3.8, 4) is 0 Å². The molecule has 0 aliphatic carbocycles. The van der Waals surface area contributed by atoms with Crippen molar-refractivity contribution in [1.82, 2.24) is 0 Å². The van der Waals surface area contributed by atoms with E-state index in [1.54, 1.807) is 0 Å². The molecular formula is C17H16O2. The first-order chi connectivity index (χ1) is 9.33. The Morgan fingerprint density at radius 1 is 1.00 bits per heavy atom. The second-order valence-electron chi connectivity index (χ2n) is 4.20. The molecule has 0 radical (unpaired) electrons. The second kappa shape index (κ2) is 6.66. The van der Waals surface area contributed by atoms with E-state index in [1.807, 2.05) is 66.7 Å². The van der Waals surface area contributed by atoms with Crippen molar-refractivity contribution in [3.63, 3.8) is 0 Å². The van der Waals surface area contributed by atoms with Crippen LogP contribution in [-0.4, -0.2) is 17.5 Å². The lowest BCUT2D eigenvalue weighted by molar-refractivity contribution is 0.103. The van der Waals surface area contributed by atoms with E-state index in [2.05, 4.69) is 0 Å². The van der Waals surface area contributed by atoms with Crippen molar-refractivity contribution in [2.24, 2.45) is 0 Å². The summed E-state index contributed by atoms with van der Waals surface area (Å²) in [4.78, 5) is 12.4. The molecule has 2 rings (SSSR count). The summed E-state index contributed by atoms with van der Waals surface area (Å²) in [6.45, 7) is 0.116. The van der Waals surface area contributed by atoms with E-state index in [4.69, 9.17) is 5.11 Å². The summed E-state index contributed by atoms with van der Waals surface area (Å²) in [5, 5.41) is 8.78. The Balaban J connectivity index is 2.32. The third kappa shape index (κ3) is 3.39. The molecule has 0 bridgehead atoms. The highest BCUT2D eigenvalue weighted by Crippen LogP contribution is 2.16. The average Bonchev–Trinajstić information content (AvgIpc) is 2.48. The Bertz CT molecular complexity index is 571. The number of benzene rings is 2. The van der Waals surface area contributed by atoms with Crippen LogP contribution in [0.1, 0.15) is 27.9 Å². The third-order valence-corrected chi connectivity index (χ3v) is 2.83. The molecule has 19 heavy (non-hydrogen) atoms. The Morgan fingerprint density at radius 3 is 2.42 bits per heavy atom. The molecule has 96 valence electrons. The minimum atomic E-state index is 0.0184. The highest BCUT2D eigenvalue weighted by molar-refractivity contribution is 6.10. The van der Waals surface area contributed by atoms with Gasteiger partial charge in [-0.15, -0.1) is 0 Å². The Labute approximate surface area is 113 Å². The molecule has 2 aromatic rings. The summed E-state index contributed by atoms with van der Waals surface area (Å²) in [7, 11) is 0. The molecular weight excluding hydrogens is 236 g/mol. The number of carbonyl (C=O) groups is 1. The van der Waals surface area contributed by atoms with Gasteiger partial charge in [0.05, 0.1) is 0 Å². The molecule has 0 atom stereocenters. The average molecular weight is 252 g/mol. The second-order valence-corrected chi connectivity index (χ2v) is 4.20. The number of ketones is 1. The predicted molar refractivity (Wildman–Crippen MR) is 77.1 cm³/mol. The van der Waals surface area contributed by atoms with Gasteiger partial charge in [0, 0.05) is 17.7 Å². The fraction of sp³-hybridized carbons (Fsp3) is 0.118. The third-order valence-electron chi connectivity index (χ3n) is 2.83. The van der Waals surface area contributed by atoms with Crippen LogP contribution in [0.5, 0.6) is 0 Å².